The number of anilines is 1. The predicted molar refractivity (Wildman–Crippen MR) is 73.3 cm³/mol. The van der Waals surface area contributed by atoms with Crippen molar-refractivity contribution in [1.29, 1.82) is 0 Å². The van der Waals surface area contributed by atoms with Crippen molar-refractivity contribution < 1.29 is 22.8 Å². The summed E-state index contributed by atoms with van der Waals surface area (Å²) in [5, 5.41) is 2.62. The molecule has 0 bridgehead atoms. The Morgan fingerprint density at radius 3 is 2.73 bits per heavy atom. The molecule has 2 amide bonds. The molecule has 0 spiro atoms. The molecule has 0 aromatic heterocycles. The molecule has 0 aliphatic carbocycles. The van der Waals surface area contributed by atoms with E-state index in [4.69, 9.17) is 0 Å². The Balaban J connectivity index is 1.88. The minimum Gasteiger partial charge on any atom is -0.344 e. The summed E-state index contributed by atoms with van der Waals surface area (Å²) in [5.41, 5.74) is -0.224. The predicted octanol–water partition coefficient (Wildman–Crippen LogP) is 2.26. The van der Waals surface area contributed by atoms with Crippen LogP contribution < -0.4 is 10.2 Å². The summed E-state index contributed by atoms with van der Waals surface area (Å²) in [6, 6.07) is 3.24. The Bertz CT molecular complexity index is 628. The highest BCUT2D eigenvalue weighted by molar-refractivity contribution is 6.01. The van der Waals surface area contributed by atoms with Gasteiger partial charge in [-0.3, -0.25) is 9.59 Å². The van der Waals surface area contributed by atoms with Crippen LogP contribution in [0.25, 0.3) is 0 Å². The van der Waals surface area contributed by atoms with E-state index in [1.165, 1.54) is 17.0 Å². The number of halogens is 3. The summed E-state index contributed by atoms with van der Waals surface area (Å²) >= 11 is 0. The molecule has 1 saturated heterocycles. The second-order valence-corrected chi connectivity index (χ2v) is 5.55. The third kappa shape index (κ3) is 2.55. The highest BCUT2D eigenvalue weighted by atomic mass is 19.4. The molecular weight excluding hydrogens is 297 g/mol. The van der Waals surface area contributed by atoms with Crippen LogP contribution in [0.2, 0.25) is 0 Å². The first-order valence-corrected chi connectivity index (χ1v) is 7.18. The quantitative estimate of drug-likeness (QED) is 0.865. The van der Waals surface area contributed by atoms with Crippen molar-refractivity contribution in [2.24, 2.45) is 0 Å². The van der Waals surface area contributed by atoms with Gasteiger partial charge in [0, 0.05) is 18.7 Å². The van der Waals surface area contributed by atoms with Gasteiger partial charge in [-0.05, 0) is 37.0 Å². The number of alkyl halides is 3. The van der Waals surface area contributed by atoms with Crippen LogP contribution in [0.15, 0.2) is 18.2 Å². The van der Waals surface area contributed by atoms with Gasteiger partial charge in [0.15, 0.2) is 0 Å². The SMILES string of the molecule is O=C1CCC[C@H](C(=O)N2CCc3c2cccc3C(F)(F)F)N1. The number of nitrogens with one attached hydrogen (secondary N) is 1. The Kier molecular flexibility index (Phi) is 3.58. The van der Waals surface area contributed by atoms with Crippen molar-refractivity contribution in [3.63, 3.8) is 0 Å². The topological polar surface area (TPSA) is 49.4 Å². The molecule has 118 valence electrons. The van der Waals surface area contributed by atoms with Crippen LogP contribution in [0.5, 0.6) is 0 Å². The van der Waals surface area contributed by atoms with Crippen LogP contribution >= 0.6 is 0 Å². The van der Waals surface area contributed by atoms with Crippen molar-refractivity contribution in [3.8, 4) is 0 Å². The molecular formula is C15H15F3N2O2. The Hall–Kier alpha value is -2.05. The first kappa shape index (κ1) is 14.9. The number of rotatable bonds is 1. The molecule has 1 aromatic carbocycles. The Morgan fingerprint density at radius 2 is 2.05 bits per heavy atom. The van der Waals surface area contributed by atoms with Gasteiger partial charge in [0.05, 0.1) is 5.56 Å². The highest BCUT2D eigenvalue weighted by Gasteiger charge is 2.39. The number of piperidine rings is 1. The lowest BCUT2D eigenvalue weighted by atomic mass is 10.0. The molecule has 0 radical (unpaired) electrons. The number of carbonyl (C=O) groups is 2. The third-order valence-corrected chi connectivity index (χ3v) is 4.13. The molecule has 0 unspecified atom stereocenters. The molecule has 1 aromatic rings. The molecule has 1 N–H and O–H groups in total. The maximum Gasteiger partial charge on any atom is 0.416 e. The Morgan fingerprint density at radius 1 is 1.27 bits per heavy atom. The maximum absolute atomic E-state index is 13.0. The first-order valence-electron chi connectivity index (χ1n) is 7.18. The lowest BCUT2D eigenvalue weighted by Crippen LogP contribution is -2.50. The van der Waals surface area contributed by atoms with Crippen LogP contribution in [0.4, 0.5) is 18.9 Å². The summed E-state index contributed by atoms with van der Waals surface area (Å²) in [6.07, 6.45) is -2.72. The molecule has 7 heteroatoms. The summed E-state index contributed by atoms with van der Waals surface area (Å²) in [4.78, 5) is 25.3. The van der Waals surface area contributed by atoms with Gasteiger partial charge in [-0.1, -0.05) is 6.07 Å². The molecule has 0 saturated carbocycles. The van der Waals surface area contributed by atoms with Gasteiger partial charge in [-0.2, -0.15) is 13.2 Å². The van der Waals surface area contributed by atoms with Gasteiger partial charge in [0.1, 0.15) is 6.04 Å². The zero-order chi connectivity index (χ0) is 15.9. The second kappa shape index (κ2) is 5.30. The number of benzene rings is 1. The second-order valence-electron chi connectivity index (χ2n) is 5.55. The Labute approximate surface area is 125 Å². The van der Waals surface area contributed by atoms with Crippen LogP contribution in [0.1, 0.15) is 30.4 Å². The molecule has 3 rings (SSSR count). The lowest BCUT2D eigenvalue weighted by Gasteiger charge is -2.27. The van der Waals surface area contributed by atoms with E-state index < -0.39 is 17.8 Å². The fraction of sp³-hybridized carbons (Fsp3) is 0.467. The average molecular weight is 312 g/mol. The van der Waals surface area contributed by atoms with E-state index >= 15 is 0 Å². The molecule has 2 aliphatic rings. The molecule has 22 heavy (non-hydrogen) atoms. The summed E-state index contributed by atoms with van der Waals surface area (Å²) in [6.45, 7) is 0.216. The third-order valence-electron chi connectivity index (χ3n) is 4.13. The molecule has 2 aliphatic heterocycles. The number of carbonyl (C=O) groups excluding carboxylic acids is 2. The van der Waals surface area contributed by atoms with Crippen LogP contribution in [0.3, 0.4) is 0 Å². The van der Waals surface area contributed by atoms with Crippen molar-refractivity contribution in [2.75, 3.05) is 11.4 Å². The van der Waals surface area contributed by atoms with Crippen molar-refractivity contribution in [1.82, 2.24) is 5.32 Å². The van der Waals surface area contributed by atoms with Gasteiger partial charge in [0.2, 0.25) is 11.8 Å². The van der Waals surface area contributed by atoms with E-state index in [-0.39, 0.29) is 30.3 Å². The van der Waals surface area contributed by atoms with E-state index in [9.17, 15) is 22.8 Å². The first-order chi connectivity index (χ1) is 10.4. The highest BCUT2D eigenvalue weighted by Crippen LogP contribution is 2.39. The smallest absolute Gasteiger partial charge is 0.344 e. The number of nitrogens with zero attached hydrogens (tertiary/aromatic N) is 1. The van der Waals surface area contributed by atoms with E-state index in [0.717, 1.165) is 6.07 Å². The van der Waals surface area contributed by atoms with Crippen LogP contribution in [-0.4, -0.2) is 24.4 Å². The molecule has 4 nitrogen and oxygen atoms in total. The van der Waals surface area contributed by atoms with E-state index in [1.807, 2.05) is 0 Å². The standard InChI is InChI=1S/C15H15F3N2O2/c16-15(17,18)10-3-1-5-12-9(10)7-8-20(12)14(22)11-4-2-6-13(21)19-11/h1,3,5,11H,2,4,6-8H2,(H,19,21)/t11-/m1/s1. The summed E-state index contributed by atoms with van der Waals surface area (Å²) in [5.74, 6) is -0.515. The van der Waals surface area contributed by atoms with Gasteiger partial charge < -0.3 is 10.2 Å². The van der Waals surface area contributed by atoms with Gasteiger partial charge in [0.25, 0.3) is 0 Å². The van der Waals surface area contributed by atoms with Crippen molar-refractivity contribution in [2.45, 2.75) is 37.9 Å². The number of fused-ring (bicyclic) bond motifs is 1. The number of amides is 2. The van der Waals surface area contributed by atoms with Crippen LogP contribution in [-0.2, 0) is 22.2 Å². The minimum absolute atomic E-state index is 0.158. The van der Waals surface area contributed by atoms with E-state index in [1.54, 1.807) is 0 Å². The normalized spacial score (nSPS) is 21.5. The fourth-order valence-corrected chi connectivity index (χ4v) is 3.11. The van der Waals surface area contributed by atoms with Crippen molar-refractivity contribution >= 4 is 17.5 Å². The maximum atomic E-state index is 13.0. The van der Waals surface area contributed by atoms with Crippen LogP contribution in [0, 0.1) is 0 Å². The van der Waals surface area contributed by atoms with Gasteiger partial charge >= 0.3 is 6.18 Å². The number of hydrogen-bond acceptors (Lipinski definition) is 2. The lowest BCUT2D eigenvalue weighted by molar-refractivity contribution is -0.138. The monoisotopic (exact) mass is 312 g/mol. The summed E-state index contributed by atoms with van der Waals surface area (Å²) in [7, 11) is 0. The number of hydrogen-bond donors (Lipinski definition) is 1. The van der Waals surface area contributed by atoms with Gasteiger partial charge in [-0.25, -0.2) is 0 Å². The zero-order valence-corrected chi connectivity index (χ0v) is 11.7. The molecule has 1 fully saturated rings. The van der Waals surface area contributed by atoms with E-state index in [0.29, 0.717) is 24.9 Å². The minimum atomic E-state index is -4.43. The van der Waals surface area contributed by atoms with E-state index in [2.05, 4.69) is 5.32 Å². The molecule has 1 atom stereocenters. The fourth-order valence-electron chi connectivity index (χ4n) is 3.11. The molecule has 2 heterocycles. The summed E-state index contributed by atoms with van der Waals surface area (Å²) < 4.78 is 39.1. The average Bonchev–Trinajstić information content (AvgIpc) is 2.89. The van der Waals surface area contributed by atoms with Crippen molar-refractivity contribution in [3.05, 3.63) is 29.3 Å². The zero-order valence-electron chi connectivity index (χ0n) is 11.7. The largest absolute Gasteiger partial charge is 0.416 e. The van der Waals surface area contributed by atoms with Gasteiger partial charge in [-0.15, -0.1) is 0 Å².